The fourth-order valence-corrected chi connectivity index (χ4v) is 4.54. The summed E-state index contributed by atoms with van der Waals surface area (Å²) in [6.45, 7) is 1.86. The zero-order valence-corrected chi connectivity index (χ0v) is 15.4. The first-order valence-electron chi connectivity index (χ1n) is 9.60. The van der Waals surface area contributed by atoms with Crippen LogP contribution in [0.25, 0.3) is 22.0 Å². The molecule has 3 N–H and O–H groups in total. The van der Waals surface area contributed by atoms with E-state index in [-0.39, 0.29) is 6.04 Å². The molecular formula is C22H23N3O2. The third-order valence-electron chi connectivity index (χ3n) is 5.91. The number of benzene rings is 2. The average Bonchev–Trinajstić information content (AvgIpc) is 3.11. The van der Waals surface area contributed by atoms with Gasteiger partial charge in [0.15, 0.2) is 5.82 Å². The molecule has 0 unspecified atom stereocenters. The number of nitrogens with zero attached hydrogens (tertiary/aromatic N) is 2. The number of rotatable bonds is 3. The number of hydrogen-bond acceptors (Lipinski definition) is 5. The van der Waals surface area contributed by atoms with Gasteiger partial charge in [-0.25, -0.2) is 0 Å². The zero-order chi connectivity index (χ0) is 18.6. The predicted molar refractivity (Wildman–Crippen MR) is 106 cm³/mol. The second-order valence-electron chi connectivity index (χ2n) is 8.14. The highest BCUT2D eigenvalue weighted by Gasteiger charge is 2.38. The van der Waals surface area contributed by atoms with Crippen LogP contribution in [0.5, 0.6) is 5.75 Å². The minimum absolute atomic E-state index is 0.206. The minimum Gasteiger partial charge on any atom is -0.507 e. The number of fused-ring (bicyclic) bond motifs is 2. The van der Waals surface area contributed by atoms with E-state index in [4.69, 9.17) is 0 Å². The fraction of sp³-hybridized carbons (Fsp3) is 0.364. The second kappa shape index (κ2) is 5.92. The Hall–Kier alpha value is -2.66. The van der Waals surface area contributed by atoms with Crippen LogP contribution >= 0.6 is 0 Å². The van der Waals surface area contributed by atoms with Crippen LogP contribution in [0.2, 0.25) is 0 Å². The first kappa shape index (κ1) is 16.5. The zero-order valence-electron chi connectivity index (χ0n) is 15.4. The molecule has 2 aromatic carbocycles. The third-order valence-corrected chi connectivity index (χ3v) is 5.91. The number of aromatic hydroxyl groups is 1. The van der Waals surface area contributed by atoms with E-state index >= 15 is 0 Å². The fourth-order valence-electron chi connectivity index (χ4n) is 4.54. The number of aliphatic hydroxyl groups is 1. The number of nitrogens with one attached hydrogen (secondary N) is 1. The largest absolute Gasteiger partial charge is 0.507 e. The van der Waals surface area contributed by atoms with Gasteiger partial charge in [0.1, 0.15) is 11.4 Å². The van der Waals surface area contributed by atoms with E-state index in [2.05, 4.69) is 21.6 Å². The molecule has 27 heavy (non-hydrogen) atoms. The summed E-state index contributed by atoms with van der Waals surface area (Å²) in [6.07, 6.45) is 4.45. The van der Waals surface area contributed by atoms with Gasteiger partial charge in [-0.1, -0.05) is 30.3 Å². The van der Waals surface area contributed by atoms with Crippen molar-refractivity contribution < 1.29 is 10.2 Å². The standard InChI is InChI=1S/C22H23N3O2/c1-22(27)11-14(12-22)23-21-17-7-3-2-6-16(17)19(24-25-21)18-10-9-13-5-4-8-15(13)20(18)26/h2-3,6-7,9-10,14,26-27H,4-5,8,11-12H2,1H3,(H,23,25). The Morgan fingerprint density at radius 3 is 2.59 bits per heavy atom. The number of phenols is 1. The van der Waals surface area contributed by atoms with Crippen molar-refractivity contribution in [3.63, 3.8) is 0 Å². The van der Waals surface area contributed by atoms with Crippen LogP contribution in [0.4, 0.5) is 5.82 Å². The average molecular weight is 361 g/mol. The summed E-state index contributed by atoms with van der Waals surface area (Å²) in [6, 6.07) is 12.3. The maximum absolute atomic E-state index is 10.8. The highest BCUT2D eigenvalue weighted by Crippen LogP contribution is 2.41. The molecule has 2 aliphatic rings. The minimum atomic E-state index is -0.586. The van der Waals surface area contributed by atoms with Crippen LogP contribution in [0, 0.1) is 0 Å². The van der Waals surface area contributed by atoms with Gasteiger partial charge >= 0.3 is 0 Å². The van der Waals surface area contributed by atoms with Crippen molar-refractivity contribution in [2.24, 2.45) is 0 Å². The van der Waals surface area contributed by atoms with E-state index in [0.29, 0.717) is 24.3 Å². The number of hydrogen-bond donors (Lipinski definition) is 3. The quantitative estimate of drug-likeness (QED) is 0.661. The molecule has 1 saturated carbocycles. The molecule has 0 saturated heterocycles. The smallest absolute Gasteiger partial charge is 0.156 e. The molecule has 1 heterocycles. The van der Waals surface area contributed by atoms with Gasteiger partial charge < -0.3 is 15.5 Å². The van der Waals surface area contributed by atoms with Gasteiger partial charge in [0, 0.05) is 22.4 Å². The Bertz CT molecular complexity index is 1040. The van der Waals surface area contributed by atoms with E-state index in [1.165, 1.54) is 5.56 Å². The summed E-state index contributed by atoms with van der Waals surface area (Å²) in [5.41, 5.74) is 3.17. The summed E-state index contributed by atoms with van der Waals surface area (Å²) >= 11 is 0. The van der Waals surface area contributed by atoms with Gasteiger partial charge in [0.25, 0.3) is 0 Å². The van der Waals surface area contributed by atoms with Crippen molar-refractivity contribution in [2.45, 2.75) is 50.7 Å². The first-order chi connectivity index (χ1) is 13.0. The van der Waals surface area contributed by atoms with Gasteiger partial charge in [0.05, 0.1) is 5.60 Å². The molecule has 0 aliphatic heterocycles. The molecule has 0 atom stereocenters. The Kier molecular flexibility index (Phi) is 3.62. The summed E-state index contributed by atoms with van der Waals surface area (Å²) in [7, 11) is 0. The number of aryl methyl sites for hydroxylation is 1. The van der Waals surface area contributed by atoms with Crippen LogP contribution in [0.1, 0.15) is 37.3 Å². The lowest BCUT2D eigenvalue weighted by Crippen LogP contribution is -2.48. The molecule has 5 nitrogen and oxygen atoms in total. The number of phenolic OH excluding ortho intramolecular Hbond substituents is 1. The van der Waals surface area contributed by atoms with Gasteiger partial charge in [-0.2, -0.15) is 0 Å². The third kappa shape index (κ3) is 2.73. The molecule has 1 aromatic heterocycles. The summed E-state index contributed by atoms with van der Waals surface area (Å²) in [5.74, 6) is 1.08. The van der Waals surface area contributed by atoms with E-state index < -0.39 is 5.60 Å². The molecule has 0 spiro atoms. The van der Waals surface area contributed by atoms with Gasteiger partial charge in [-0.15, -0.1) is 10.2 Å². The Morgan fingerprint density at radius 1 is 1.04 bits per heavy atom. The van der Waals surface area contributed by atoms with Gasteiger partial charge in [-0.3, -0.25) is 0 Å². The Balaban J connectivity index is 1.58. The van der Waals surface area contributed by atoms with E-state index in [0.717, 1.165) is 47.0 Å². The molecule has 138 valence electrons. The lowest BCUT2D eigenvalue weighted by Gasteiger charge is -2.41. The lowest BCUT2D eigenvalue weighted by atomic mass is 9.77. The van der Waals surface area contributed by atoms with E-state index in [9.17, 15) is 10.2 Å². The van der Waals surface area contributed by atoms with E-state index in [1.54, 1.807) is 0 Å². The molecule has 5 rings (SSSR count). The highest BCUT2D eigenvalue weighted by molar-refractivity contribution is 6.01. The molecule has 0 bridgehead atoms. The van der Waals surface area contributed by atoms with Crippen molar-refractivity contribution in [1.82, 2.24) is 10.2 Å². The Labute approximate surface area is 158 Å². The van der Waals surface area contributed by atoms with Crippen LogP contribution in [0.15, 0.2) is 36.4 Å². The molecule has 0 amide bonds. The van der Waals surface area contributed by atoms with Crippen LogP contribution in [0.3, 0.4) is 0 Å². The van der Waals surface area contributed by atoms with Crippen molar-refractivity contribution in [2.75, 3.05) is 5.32 Å². The lowest BCUT2D eigenvalue weighted by molar-refractivity contribution is -0.0235. The molecule has 0 radical (unpaired) electrons. The molecule has 3 aromatic rings. The molecule has 1 fully saturated rings. The van der Waals surface area contributed by atoms with Gasteiger partial charge in [-0.05, 0) is 56.2 Å². The molecule has 2 aliphatic carbocycles. The molecule has 5 heteroatoms. The summed E-state index contributed by atoms with van der Waals surface area (Å²) in [4.78, 5) is 0. The van der Waals surface area contributed by atoms with Gasteiger partial charge in [0.2, 0.25) is 0 Å². The second-order valence-corrected chi connectivity index (χ2v) is 8.14. The highest BCUT2D eigenvalue weighted by atomic mass is 16.3. The van der Waals surface area contributed by atoms with Crippen molar-refractivity contribution >= 4 is 16.6 Å². The van der Waals surface area contributed by atoms with Crippen molar-refractivity contribution in [3.05, 3.63) is 47.5 Å². The summed E-state index contributed by atoms with van der Waals surface area (Å²) < 4.78 is 0. The number of anilines is 1. The SMILES string of the molecule is CC1(O)CC(Nc2nnc(-c3ccc4c(c3O)CCC4)c3ccccc23)C1. The number of aromatic nitrogens is 2. The van der Waals surface area contributed by atoms with E-state index in [1.807, 2.05) is 37.3 Å². The molecular weight excluding hydrogens is 338 g/mol. The van der Waals surface area contributed by atoms with Crippen molar-refractivity contribution in [1.29, 1.82) is 0 Å². The maximum Gasteiger partial charge on any atom is 0.156 e. The predicted octanol–water partition coefficient (Wildman–Crippen LogP) is 3.82. The normalized spacial score (nSPS) is 23.9. The monoisotopic (exact) mass is 361 g/mol. The van der Waals surface area contributed by atoms with Crippen molar-refractivity contribution in [3.8, 4) is 17.0 Å². The topological polar surface area (TPSA) is 78.3 Å². The first-order valence-corrected chi connectivity index (χ1v) is 9.60. The van der Waals surface area contributed by atoms with Crippen LogP contribution < -0.4 is 5.32 Å². The van der Waals surface area contributed by atoms with Crippen LogP contribution in [-0.4, -0.2) is 32.1 Å². The summed E-state index contributed by atoms with van der Waals surface area (Å²) in [5, 5.41) is 35.1. The Morgan fingerprint density at radius 2 is 1.81 bits per heavy atom. The van der Waals surface area contributed by atoms with Crippen LogP contribution in [-0.2, 0) is 12.8 Å². The maximum atomic E-state index is 10.8.